The molecule has 1 aromatic heterocycles. The van der Waals surface area contributed by atoms with Gasteiger partial charge in [0.25, 0.3) is 0 Å². The zero-order valence-corrected chi connectivity index (χ0v) is 15.3. The lowest BCUT2D eigenvalue weighted by Crippen LogP contribution is -2.45. The van der Waals surface area contributed by atoms with Gasteiger partial charge in [0.1, 0.15) is 5.82 Å². The van der Waals surface area contributed by atoms with Crippen molar-refractivity contribution in [2.75, 3.05) is 38.1 Å². The van der Waals surface area contributed by atoms with Crippen LogP contribution in [0.5, 0.6) is 0 Å². The third-order valence-electron chi connectivity index (χ3n) is 4.95. The number of rotatable bonds is 8. The molecular formula is C19H26N6O. The van der Waals surface area contributed by atoms with Gasteiger partial charge >= 0.3 is 0 Å². The summed E-state index contributed by atoms with van der Waals surface area (Å²) in [6, 6.07) is 3.94. The number of pyridine rings is 1. The lowest BCUT2D eigenvalue weighted by atomic mass is 10.0. The minimum absolute atomic E-state index is 0.00978. The molecule has 0 saturated carbocycles. The highest BCUT2D eigenvalue weighted by molar-refractivity contribution is 5.76. The third kappa shape index (κ3) is 4.79. The smallest absolute Gasteiger partial charge is 0.220 e. The lowest BCUT2D eigenvalue weighted by molar-refractivity contribution is -0.121. The van der Waals surface area contributed by atoms with Crippen LogP contribution in [0.15, 0.2) is 28.6 Å². The topological polar surface area (TPSA) is 73.2 Å². The summed E-state index contributed by atoms with van der Waals surface area (Å²) < 4.78 is 0. The molecule has 0 bridgehead atoms. The molecule has 0 unspecified atom stereocenters. The monoisotopic (exact) mass is 354 g/mol. The van der Waals surface area contributed by atoms with Gasteiger partial charge in [-0.1, -0.05) is 6.07 Å². The molecular weight excluding hydrogens is 328 g/mol. The predicted molar refractivity (Wildman–Crippen MR) is 101 cm³/mol. The molecule has 0 aliphatic carbocycles. The van der Waals surface area contributed by atoms with Crippen LogP contribution in [0.2, 0.25) is 0 Å². The van der Waals surface area contributed by atoms with Crippen molar-refractivity contribution in [3.05, 3.63) is 23.9 Å². The number of hydrogen-bond acceptors (Lipinski definition) is 6. The summed E-state index contributed by atoms with van der Waals surface area (Å²) >= 11 is 0. The molecule has 0 aromatic carbocycles. The third-order valence-corrected chi connectivity index (χ3v) is 4.95. The Morgan fingerprint density at radius 2 is 2.08 bits per heavy atom. The van der Waals surface area contributed by atoms with Crippen molar-refractivity contribution >= 4 is 11.7 Å². The Kier molecular flexibility index (Phi) is 5.84. The molecule has 1 aromatic rings. The van der Waals surface area contributed by atoms with E-state index in [1.165, 1.54) is 0 Å². The van der Waals surface area contributed by atoms with E-state index in [-0.39, 0.29) is 5.91 Å². The van der Waals surface area contributed by atoms with E-state index < -0.39 is 5.66 Å². The average molecular weight is 354 g/mol. The van der Waals surface area contributed by atoms with Gasteiger partial charge in [-0.2, -0.15) is 10.2 Å². The maximum atomic E-state index is 12.2. The molecule has 3 heterocycles. The normalized spacial score (nSPS) is 18.4. The van der Waals surface area contributed by atoms with Gasteiger partial charge in [0.05, 0.1) is 0 Å². The Balaban J connectivity index is 1.49. The van der Waals surface area contributed by atoms with Crippen molar-refractivity contribution in [3.8, 4) is 12.3 Å². The SMILES string of the molecule is C#CCCC1(CCC(=O)NCc2cccnc2N2CCN(C)CC2)N=N1. The fraction of sp³-hybridized carbons (Fsp3) is 0.579. The van der Waals surface area contributed by atoms with Crippen molar-refractivity contribution in [2.45, 2.75) is 37.9 Å². The lowest BCUT2D eigenvalue weighted by Gasteiger charge is -2.34. The Hall–Kier alpha value is -2.46. The standard InChI is InChI=1S/C19H26N6O/c1-3-4-8-19(22-23-19)9-7-17(26)21-15-16-6-5-10-20-18(16)25-13-11-24(2)12-14-25/h1,5-6,10H,4,7-9,11-15H2,2H3,(H,21,26). The molecule has 7 nitrogen and oxygen atoms in total. The maximum Gasteiger partial charge on any atom is 0.220 e. The molecule has 0 atom stereocenters. The van der Waals surface area contributed by atoms with Gasteiger partial charge in [0.15, 0.2) is 5.66 Å². The fourth-order valence-corrected chi connectivity index (χ4v) is 3.14. The molecule has 7 heteroatoms. The van der Waals surface area contributed by atoms with Gasteiger partial charge in [-0.05, 0) is 13.1 Å². The van der Waals surface area contributed by atoms with Gasteiger partial charge in [0, 0.05) is 70.2 Å². The van der Waals surface area contributed by atoms with Crippen LogP contribution in [0.4, 0.5) is 5.82 Å². The first-order valence-corrected chi connectivity index (χ1v) is 9.13. The molecule has 0 spiro atoms. The van der Waals surface area contributed by atoms with Gasteiger partial charge in [-0.15, -0.1) is 12.3 Å². The molecule has 1 amide bonds. The van der Waals surface area contributed by atoms with E-state index in [9.17, 15) is 4.79 Å². The van der Waals surface area contributed by atoms with E-state index in [0.29, 0.717) is 25.8 Å². The van der Waals surface area contributed by atoms with Gasteiger partial charge < -0.3 is 15.1 Å². The predicted octanol–water partition coefficient (Wildman–Crippen LogP) is 1.81. The number of terminal acetylenes is 1. The summed E-state index contributed by atoms with van der Waals surface area (Å²) in [5.41, 5.74) is 0.649. The van der Waals surface area contributed by atoms with Crippen LogP contribution in [0.25, 0.3) is 0 Å². The molecule has 2 aliphatic rings. The van der Waals surface area contributed by atoms with Crippen molar-refractivity contribution in [1.29, 1.82) is 0 Å². The van der Waals surface area contributed by atoms with E-state index in [0.717, 1.165) is 44.0 Å². The second kappa shape index (κ2) is 8.28. The Labute approximate surface area is 154 Å². The van der Waals surface area contributed by atoms with Gasteiger partial charge in [0.2, 0.25) is 5.91 Å². The van der Waals surface area contributed by atoms with Crippen LogP contribution in [-0.4, -0.2) is 54.7 Å². The second-order valence-electron chi connectivity index (χ2n) is 6.94. The van der Waals surface area contributed by atoms with Crippen LogP contribution in [0.1, 0.15) is 31.2 Å². The van der Waals surface area contributed by atoms with Crippen LogP contribution >= 0.6 is 0 Å². The number of nitrogens with zero attached hydrogens (tertiary/aromatic N) is 5. The minimum Gasteiger partial charge on any atom is -0.354 e. The van der Waals surface area contributed by atoms with Gasteiger partial charge in [-0.25, -0.2) is 4.98 Å². The second-order valence-corrected chi connectivity index (χ2v) is 6.94. The van der Waals surface area contributed by atoms with Crippen LogP contribution < -0.4 is 10.2 Å². The molecule has 1 saturated heterocycles. The van der Waals surface area contributed by atoms with Crippen LogP contribution in [0.3, 0.4) is 0 Å². The number of aromatic nitrogens is 1. The fourth-order valence-electron chi connectivity index (χ4n) is 3.14. The number of carbonyl (C=O) groups excluding carboxylic acids is 1. The number of carbonyl (C=O) groups is 1. The van der Waals surface area contributed by atoms with E-state index in [1.807, 2.05) is 18.3 Å². The van der Waals surface area contributed by atoms with E-state index in [4.69, 9.17) is 6.42 Å². The summed E-state index contributed by atoms with van der Waals surface area (Å²) in [5, 5.41) is 11.1. The highest BCUT2D eigenvalue weighted by Gasteiger charge is 2.39. The molecule has 0 radical (unpaired) electrons. The van der Waals surface area contributed by atoms with Crippen molar-refractivity contribution < 1.29 is 4.79 Å². The first-order valence-electron chi connectivity index (χ1n) is 9.13. The van der Waals surface area contributed by atoms with Crippen molar-refractivity contribution in [2.24, 2.45) is 10.2 Å². The number of nitrogens with one attached hydrogen (secondary N) is 1. The average Bonchev–Trinajstić information content (AvgIpc) is 3.44. The Bertz CT molecular complexity index is 696. The number of anilines is 1. The number of amides is 1. The van der Waals surface area contributed by atoms with Crippen LogP contribution in [-0.2, 0) is 11.3 Å². The number of piperazine rings is 1. The first-order chi connectivity index (χ1) is 12.6. The highest BCUT2D eigenvalue weighted by Crippen LogP contribution is 2.37. The summed E-state index contributed by atoms with van der Waals surface area (Å²) in [6.45, 7) is 4.44. The van der Waals surface area contributed by atoms with E-state index >= 15 is 0 Å². The first kappa shape index (κ1) is 18.3. The Morgan fingerprint density at radius 1 is 1.31 bits per heavy atom. The molecule has 138 valence electrons. The summed E-state index contributed by atoms with van der Waals surface area (Å²) in [5.74, 6) is 3.58. The highest BCUT2D eigenvalue weighted by atomic mass is 16.1. The number of hydrogen-bond donors (Lipinski definition) is 1. The largest absolute Gasteiger partial charge is 0.354 e. The van der Waals surface area contributed by atoms with E-state index in [1.54, 1.807) is 0 Å². The molecule has 1 N–H and O–H groups in total. The summed E-state index contributed by atoms with van der Waals surface area (Å²) in [6.07, 6.45) is 9.49. The molecule has 2 aliphatic heterocycles. The van der Waals surface area contributed by atoms with Gasteiger partial charge in [-0.3, -0.25) is 4.79 Å². The maximum absolute atomic E-state index is 12.2. The quantitative estimate of drug-likeness (QED) is 0.723. The molecule has 3 rings (SSSR count). The molecule has 1 fully saturated rings. The van der Waals surface area contributed by atoms with Crippen molar-refractivity contribution in [1.82, 2.24) is 15.2 Å². The van der Waals surface area contributed by atoms with Crippen LogP contribution in [0, 0.1) is 12.3 Å². The summed E-state index contributed by atoms with van der Waals surface area (Å²) in [7, 11) is 2.13. The summed E-state index contributed by atoms with van der Waals surface area (Å²) in [4.78, 5) is 21.4. The zero-order chi connectivity index (χ0) is 18.4. The van der Waals surface area contributed by atoms with Crippen molar-refractivity contribution in [3.63, 3.8) is 0 Å². The number of likely N-dealkylation sites (N-methyl/N-ethyl adjacent to an activating group) is 1. The minimum atomic E-state index is -0.400. The molecule has 26 heavy (non-hydrogen) atoms. The van der Waals surface area contributed by atoms with E-state index in [2.05, 4.69) is 43.3 Å². The zero-order valence-electron chi connectivity index (χ0n) is 15.3. The Morgan fingerprint density at radius 3 is 2.77 bits per heavy atom.